The van der Waals surface area contributed by atoms with Crippen molar-refractivity contribution in [3.63, 3.8) is 0 Å². The van der Waals surface area contributed by atoms with Gasteiger partial charge in [0, 0.05) is 51.7 Å². The summed E-state index contributed by atoms with van der Waals surface area (Å²) in [6, 6.07) is 5.15. The number of guanidine groups is 1. The van der Waals surface area contributed by atoms with Crippen LogP contribution >= 0.6 is 0 Å². The largest absolute Gasteiger partial charge is 0.459 e. The van der Waals surface area contributed by atoms with Crippen molar-refractivity contribution in [3.05, 3.63) is 42.6 Å². The SMILES string of the molecule is CCNC(=NCCNC(=O)c1ccco1)N1CCN(c2ncccn2)CC1. The molecule has 0 bridgehead atoms. The maximum absolute atomic E-state index is 11.9. The molecule has 0 saturated carbocycles. The van der Waals surface area contributed by atoms with Crippen molar-refractivity contribution in [2.24, 2.45) is 4.99 Å². The Bertz CT molecular complexity index is 725. The summed E-state index contributed by atoms with van der Waals surface area (Å²) in [6.45, 7) is 7.13. The third-order valence-corrected chi connectivity index (χ3v) is 4.15. The number of carbonyl (C=O) groups excluding carboxylic acids is 1. The van der Waals surface area contributed by atoms with Crippen LogP contribution < -0.4 is 15.5 Å². The molecular weight excluding hydrogens is 346 g/mol. The summed E-state index contributed by atoms with van der Waals surface area (Å²) in [7, 11) is 0. The van der Waals surface area contributed by atoms with Crippen LogP contribution in [-0.2, 0) is 0 Å². The van der Waals surface area contributed by atoms with Gasteiger partial charge in [-0.25, -0.2) is 9.97 Å². The second kappa shape index (κ2) is 9.56. The fourth-order valence-corrected chi connectivity index (χ4v) is 2.82. The number of hydrogen-bond donors (Lipinski definition) is 2. The third-order valence-electron chi connectivity index (χ3n) is 4.15. The molecule has 0 aromatic carbocycles. The molecule has 1 saturated heterocycles. The molecule has 0 spiro atoms. The molecule has 1 amide bonds. The van der Waals surface area contributed by atoms with Crippen molar-refractivity contribution in [3.8, 4) is 0 Å². The summed E-state index contributed by atoms with van der Waals surface area (Å²) in [5, 5.41) is 6.12. The van der Waals surface area contributed by atoms with E-state index >= 15 is 0 Å². The third kappa shape index (κ3) is 5.19. The van der Waals surface area contributed by atoms with Crippen LogP contribution in [0.25, 0.3) is 0 Å². The van der Waals surface area contributed by atoms with E-state index in [1.54, 1.807) is 24.5 Å². The Morgan fingerprint density at radius 1 is 1.19 bits per heavy atom. The zero-order valence-electron chi connectivity index (χ0n) is 15.5. The normalized spacial score (nSPS) is 14.9. The van der Waals surface area contributed by atoms with Gasteiger partial charge in [0.25, 0.3) is 5.91 Å². The molecule has 27 heavy (non-hydrogen) atoms. The number of hydrogen-bond acceptors (Lipinski definition) is 6. The quantitative estimate of drug-likeness (QED) is 0.435. The molecule has 0 aliphatic carbocycles. The van der Waals surface area contributed by atoms with Crippen molar-refractivity contribution >= 4 is 17.8 Å². The summed E-state index contributed by atoms with van der Waals surface area (Å²) < 4.78 is 5.07. The van der Waals surface area contributed by atoms with Gasteiger partial charge in [-0.05, 0) is 25.1 Å². The Kier molecular flexibility index (Phi) is 6.61. The Morgan fingerprint density at radius 3 is 2.63 bits per heavy atom. The zero-order valence-corrected chi connectivity index (χ0v) is 15.5. The van der Waals surface area contributed by atoms with Gasteiger partial charge in [0.1, 0.15) is 0 Å². The lowest BCUT2D eigenvalue weighted by atomic mass is 10.3. The first-order valence-electron chi connectivity index (χ1n) is 9.15. The number of nitrogens with one attached hydrogen (secondary N) is 2. The summed E-state index contributed by atoms with van der Waals surface area (Å²) in [4.78, 5) is 29.5. The Balaban J connectivity index is 1.48. The Morgan fingerprint density at radius 2 is 1.96 bits per heavy atom. The number of nitrogens with zero attached hydrogens (tertiary/aromatic N) is 5. The van der Waals surface area contributed by atoms with Gasteiger partial charge in [-0.15, -0.1) is 0 Å². The highest BCUT2D eigenvalue weighted by molar-refractivity contribution is 5.91. The van der Waals surface area contributed by atoms with Gasteiger partial charge in [0.15, 0.2) is 11.7 Å². The number of carbonyl (C=O) groups is 1. The lowest BCUT2D eigenvalue weighted by Gasteiger charge is -2.36. The summed E-state index contributed by atoms with van der Waals surface area (Å²) in [5.41, 5.74) is 0. The summed E-state index contributed by atoms with van der Waals surface area (Å²) >= 11 is 0. The minimum atomic E-state index is -0.225. The van der Waals surface area contributed by atoms with E-state index in [2.05, 4.69) is 35.4 Å². The maximum atomic E-state index is 11.9. The lowest BCUT2D eigenvalue weighted by molar-refractivity contribution is 0.0927. The van der Waals surface area contributed by atoms with Gasteiger partial charge in [-0.2, -0.15) is 0 Å². The minimum absolute atomic E-state index is 0.225. The first-order chi connectivity index (χ1) is 13.3. The van der Waals surface area contributed by atoms with E-state index < -0.39 is 0 Å². The van der Waals surface area contributed by atoms with E-state index in [-0.39, 0.29) is 5.91 Å². The molecular formula is C18H25N7O2. The van der Waals surface area contributed by atoms with E-state index in [4.69, 9.17) is 4.42 Å². The van der Waals surface area contributed by atoms with Gasteiger partial charge < -0.3 is 24.9 Å². The van der Waals surface area contributed by atoms with E-state index in [0.29, 0.717) is 18.8 Å². The predicted octanol–water partition coefficient (Wildman–Crippen LogP) is 0.587. The van der Waals surface area contributed by atoms with Gasteiger partial charge in [0.2, 0.25) is 5.95 Å². The molecule has 1 fully saturated rings. The van der Waals surface area contributed by atoms with Crippen molar-refractivity contribution in [1.82, 2.24) is 25.5 Å². The summed E-state index contributed by atoms with van der Waals surface area (Å²) in [6.07, 6.45) is 5.00. The molecule has 2 aromatic heterocycles. The average Bonchev–Trinajstić information content (AvgIpc) is 3.26. The second-order valence-corrected chi connectivity index (χ2v) is 5.99. The zero-order chi connectivity index (χ0) is 18.9. The fourth-order valence-electron chi connectivity index (χ4n) is 2.82. The minimum Gasteiger partial charge on any atom is -0.459 e. The molecule has 2 aromatic rings. The molecule has 2 N–H and O–H groups in total. The predicted molar refractivity (Wildman–Crippen MR) is 103 cm³/mol. The van der Waals surface area contributed by atoms with Crippen LogP contribution in [0.4, 0.5) is 5.95 Å². The smallest absolute Gasteiger partial charge is 0.287 e. The number of aliphatic imine (C=N–C) groups is 1. The van der Waals surface area contributed by atoms with Crippen LogP contribution in [-0.4, -0.2) is 72.5 Å². The topological polar surface area (TPSA) is 98.9 Å². The van der Waals surface area contributed by atoms with Crippen molar-refractivity contribution in [2.45, 2.75) is 6.92 Å². The number of furan rings is 1. The number of piperazine rings is 1. The molecule has 0 atom stereocenters. The first-order valence-corrected chi connectivity index (χ1v) is 9.15. The lowest BCUT2D eigenvalue weighted by Crippen LogP contribution is -2.53. The van der Waals surface area contributed by atoms with Crippen LogP contribution in [0, 0.1) is 0 Å². The molecule has 3 heterocycles. The molecule has 144 valence electrons. The second-order valence-electron chi connectivity index (χ2n) is 5.99. The average molecular weight is 371 g/mol. The van der Waals surface area contributed by atoms with Crippen LogP contribution in [0.1, 0.15) is 17.5 Å². The maximum Gasteiger partial charge on any atom is 0.287 e. The highest BCUT2D eigenvalue weighted by Gasteiger charge is 2.21. The van der Waals surface area contributed by atoms with E-state index in [9.17, 15) is 4.79 Å². The molecule has 1 aliphatic rings. The van der Waals surface area contributed by atoms with E-state index in [0.717, 1.165) is 44.6 Å². The molecule has 9 nitrogen and oxygen atoms in total. The van der Waals surface area contributed by atoms with Crippen LogP contribution in [0.15, 0.2) is 46.3 Å². The molecule has 9 heteroatoms. The van der Waals surface area contributed by atoms with E-state index in [1.807, 2.05) is 13.0 Å². The van der Waals surface area contributed by atoms with Crippen LogP contribution in [0.5, 0.6) is 0 Å². The standard InChI is InChI=1S/C18H25N7O2/c1-2-19-17(23-9-8-20-16(26)15-5-3-14-27-15)24-10-12-25(13-11-24)18-21-6-4-7-22-18/h3-7,14H,2,8-13H2,1H3,(H,19,23)(H,20,26). The molecule has 1 aliphatic heterocycles. The Hall–Kier alpha value is -3.10. The van der Waals surface area contributed by atoms with Gasteiger partial charge in [0.05, 0.1) is 12.8 Å². The fraction of sp³-hybridized carbons (Fsp3) is 0.444. The number of aromatic nitrogens is 2. The van der Waals surface area contributed by atoms with Gasteiger partial charge >= 0.3 is 0 Å². The van der Waals surface area contributed by atoms with Crippen molar-refractivity contribution in [2.75, 3.05) is 50.7 Å². The summed E-state index contributed by atoms with van der Waals surface area (Å²) in [5.74, 6) is 1.71. The molecule has 3 rings (SSSR count). The van der Waals surface area contributed by atoms with Gasteiger partial charge in [-0.3, -0.25) is 9.79 Å². The van der Waals surface area contributed by atoms with Gasteiger partial charge in [-0.1, -0.05) is 0 Å². The van der Waals surface area contributed by atoms with Crippen LogP contribution in [0.2, 0.25) is 0 Å². The molecule has 0 radical (unpaired) electrons. The monoisotopic (exact) mass is 371 g/mol. The van der Waals surface area contributed by atoms with Crippen molar-refractivity contribution < 1.29 is 9.21 Å². The molecule has 0 unspecified atom stereocenters. The number of anilines is 1. The first kappa shape index (κ1) is 18.7. The van der Waals surface area contributed by atoms with E-state index in [1.165, 1.54) is 6.26 Å². The van der Waals surface area contributed by atoms with Crippen LogP contribution in [0.3, 0.4) is 0 Å². The number of amides is 1. The Labute approximate surface area is 158 Å². The van der Waals surface area contributed by atoms with Crippen molar-refractivity contribution in [1.29, 1.82) is 0 Å². The highest BCUT2D eigenvalue weighted by Crippen LogP contribution is 2.09. The highest BCUT2D eigenvalue weighted by atomic mass is 16.3. The number of rotatable bonds is 6.